The molecule has 1 aliphatic carbocycles. The molecule has 1 heterocycles. The van der Waals surface area contributed by atoms with E-state index >= 15 is 0 Å². The zero-order chi connectivity index (χ0) is 47.7. The zero-order valence-electron chi connectivity index (χ0n) is 40.9. The second-order valence-corrected chi connectivity index (χ2v) is 18.7. The molecule has 1 aromatic carbocycles. The number of rotatable bonds is 26. The van der Waals surface area contributed by atoms with E-state index in [2.05, 4.69) is 10.6 Å². The summed E-state index contributed by atoms with van der Waals surface area (Å²) in [6.07, 6.45) is 9.32. The van der Waals surface area contributed by atoms with E-state index in [0.717, 1.165) is 31.3 Å². The van der Waals surface area contributed by atoms with Crippen molar-refractivity contribution in [2.24, 2.45) is 29.6 Å². The van der Waals surface area contributed by atoms with Crippen molar-refractivity contribution in [3.8, 4) is 0 Å². The number of unbranched alkanes of at least 4 members (excludes halogenated alkanes) is 1. The second kappa shape index (κ2) is 26.6. The van der Waals surface area contributed by atoms with Crippen LogP contribution in [-0.4, -0.2) is 115 Å². The Morgan fingerprint density at radius 1 is 0.828 bits per heavy atom. The fourth-order valence-corrected chi connectivity index (χ4v) is 8.89. The Bertz CT molecular complexity index is 1750. The first-order chi connectivity index (χ1) is 30.4. The molecule has 3 rings (SSSR count). The third-order valence-electron chi connectivity index (χ3n) is 13.5. The largest absolute Gasteiger partial charge is 0.455 e. The molecule has 13 heteroatoms. The molecular formula is C51H80N4O9. The van der Waals surface area contributed by atoms with Crippen LogP contribution in [0.25, 0.3) is 0 Å². The highest BCUT2D eigenvalue weighted by Crippen LogP contribution is 2.30. The average molecular weight is 893 g/mol. The fourth-order valence-electron chi connectivity index (χ4n) is 8.89. The number of hydrogen-bond acceptors (Lipinski definition) is 9. The number of carbonyl (C=O) groups is 6. The first-order valence-corrected chi connectivity index (χ1v) is 23.7. The van der Waals surface area contributed by atoms with Crippen LogP contribution < -0.4 is 10.6 Å². The van der Waals surface area contributed by atoms with Gasteiger partial charge in [0.2, 0.25) is 23.6 Å². The third kappa shape index (κ3) is 15.1. The molecule has 0 aromatic heterocycles. The molecule has 1 saturated heterocycles. The molecule has 64 heavy (non-hydrogen) atoms. The monoisotopic (exact) mass is 893 g/mol. The van der Waals surface area contributed by atoms with Gasteiger partial charge in [0.25, 0.3) is 0 Å². The maximum absolute atomic E-state index is 14.4. The molecule has 9 unspecified atom stereocenters. The Labute approximate surface area is 383 Å². The molecule has 4 amide bonds. The number of amides is 4. The number of ether oxygens (including phenoxy) is 3. The van der Waals surface area contributed by atoms with Crippen molar-refractivity contribution in [1.82, 2.24) is 20.4 Å². The smallest absolute Gasteiger partial charge is 0.306 e. The van der Waals surface area contributed by atoms with Crippen molar-refractivity contribution < 1.29 is 43.0 Å². The summed E-state index contributed by atoms with van der Waals surface area (Å²) in [6.45, 7) is 17.8. The standard InChI is InChI=1S/C51H80N4O9/c1-13-34(6)46(54(10)51(61)45(33(4)5)53-49(59)35(7)32(2)3)42(62-11)31-43(57)55-30-22-27-40(55)47(63-12)36(8)50(60)52-37(9)48(39-25-18-15-19-26-39)64-44(58)29-21-20-28-41(56)38-23-16-14-17-24-38/h14,16-18,23-26,32-37,40,42,45-48H,13,15,19-22,27-31H2,1-12H3,(H,52,60)(H,53,59)/t34?,35?,36?,37?,40?,42?,45-,46?,47?,48?/m0/s1. The van der Waals surface area contributed by atoms with Gasteiger partial charge in [-0.25, -0.2) is 0 Å². The molecule has 2 N–H and O–H groups in total. The summed E-state index contributed by atoms with van der Waals surface area (Å²) >= 11 is 0. The van der Waals surface area contributed by atoms with Crippen molar-refractivity contribution in [2.45, 2.75) is 169 Å². The molecule has 0 bridgehead atoms. The van der Waals surface area contributed by atoms with Gasteiger partial charge < -0.3 is 34.6 Å². The van der Waals surface area contributed by atoms with Gasteiger partial charge in [-0.05, 0) is 68.8 Å². The van der Waals surface area contributed by atoms with Gasteiger partial charge in [0.05, 0.1) is 42.7 Å². The summed E-state index contributed by atoms with van der Waals surface area (Å²) in [5, 5.41) is 6.11. The Balaban J connectivity index is 1.71. The summed E-state index contributed by atoms with van der Waals surface area (Å²) in [6, 6.07) is 6.94. The van der Waals surface area contributed by atoms with Crippen molar-refractivity contribution in [3.05, 3.63) is 59.7 Å². The lowest BCUT2D eigenvalue weighted by molar-refractivity contribution is -0.150. The molecule has 0 saturated carbocycles. The highest BCUT2D eigenvalue weighted by molar-refractivity contribution is 5.96. The second-order valence-electron chi connectivity index (χ2n) is 18.7. The third-order valence-corrected chi connectivity index (χ3v) is 13.5. The van der Waals surface area contributed by atoms with Crippen LogP contribution in [0, 0.1) is 29.6 Å². The van der Waals surface area contributed by atoms with E-state index in [1.165, 1.54) is 0 Å². The van der Waals surface area contributed by atoms with Crippen molar-refractivity contribution >= 4 is 35.4 Å². The van der Waals surface area contributed by atoms with Crippen molar-refractivity contribution in [2.75, 3.05) is 27.8 Å². The maximum Gasteiger partial charge on any atom is 0.306 e. The lowest BCUT2D eigenvalue weighted by atomic mass is 9.89. The summed E-state index contributed by atoms with van der Waals surface area (Å²) < 4.78 is 18.1. The zero-order valence-corrected chi connectivity index (χ0v) is 40.9. The minimum atomic E-state index is -0.745. The molecule has 1 aliphatic heterocycles. The Morgan fingerprint density at radius 3 is 2.06 bits per heavy atom. The number of ketones is 1. The molecular weight excluding hydrogens is 813 g/mol. The highest BCUT2D eigenvalue weighted by atomic mass is 16.5. The van der Waals surface area contributed by atoms with Gasteiger partial charge >= 0.3 is 5.97 Å². The molecule has 0 radical (unpaired) electrons. The number of benzene rings is 1. The number of Topliss-reactive ketones (excluding diaryl/α,β-unsaturated/α-hetero) is 1. The number of methoxy groups -OCH3 is 2. The van der Waals surface area contributed by atoms with Gasteiger partial charge in [0, 0.05) is 52.1 Å². The van der Waals surface area contributed by atoms with Gasteiger partial charge in [-0.1, -0.05) is 110 Å². The Kier molecular flexibility index (Phi) is 22.4. The molecule has 10 atom stereocenters. The van der Waals surface area contributed by atoms with Crippen LogP contribution in [0.2, 0.25) is 0 Å². The van der Waals surface area contributed by atoms with Gasteiger partial charge in [-0.3, -0.25) is 28.8 Å². The minimum absolute atomic E-state index is 0.00969. The van der Waals surface area contributed by atoms with Crippen molar-refractivity contribution in [1.29, 1.82) is 0 Å². The summed E-state index contributed by atoms with van der Waals surface area (Å²) in [5.41, 5.74) is 1.47. The van der Waals surface area contributed by atoms with Crippen LogP contribution >= 0.6 is 0 Å². The summed E-state index contributed by atoms with van der Waals surface area (Å²) in [7, 11) is 4.84. The molecule has 0 spiro atoms. The number of carbonyl (C=O) groups excluding carboxylic acids is 6. The van der Waals surface area contributed by atoms with E-state index in [9.17, 15) is 28.8 Å². The SMILES string of the molecule is CCC(C)C(C(CC(=O)N1CCCC1C(OC)C(C)C(=O)NC(C)C(OC(=O)CCCCC(=O)c1ccccc1)C1=CCCC=C1)OC)N(C)C(=O)[C@@H](NC(=O)C(C)C(C)C)C(C)C. The van der Waals surface area contributed by atoms with Crippen LogP contribution in [0.4, 0.5) is 0 Å². The van der Waals surface area contributed by atoms with E-state index in [4.69, 9.17) is 14.2 Å². The van der Waals surface area contributed by atoms with Crippen LogP contribution in [0.15, 0.2) is 54.1 Å². The first-order valence-electron chi connectivity index (χ1n) is 23.7. The van der Waals surface area contributed by atoms with E-state index in [1.807, 2.05) is 91.8 Å². The quantitative estimate of drug-likeness (QED) is 0.0546. The Hall–Kier alpha value is -4.36. The average Bonchev–Trinajstić information content (AvgIpc) is 3.78. The number of nitrogens with one attached hydrogen (secondary N) is 2. The number of esters is 1. The van der Waals surface area contributed by atoms with Gasteiger partial charge in [-0.15, -0.1) is 0 Å². The minimum Gasteiger partial charge on any atom is -0.455 e. The number of allylic oxidation sites excluding steroid dienone is 2. The highest BCUT2D eigenvalue weighted by Gasteiger charge is 2.43. The van der Waals surface area contributed by atoms with E-state index in [0.29, 0.717) is 37.8 Å². The predicted molar refractivity (Wildman–Crippen MR) is 250 cm³/mol. The molecule has 1 fully saturated rings. The van der Waals surface area contributed by atoms with Gasteiger partial charge in [0.15, 0.2) is 5.78 Å². The van der Waals surface area contributed by atoms with E-state index < -0.39 is 48.3 Å². The Morgan fingerprint density at radius 2 is 1.48 bits per heavy atom. The van der Waals surface area contributed by atoms with Crippen LogP contribution in [0.5, 0.6) is 0 Å². The van der Waals surface area contributed by atoms with Crippen LogP contribution in [0.1, 0.15) is 137 Å². The fraction of sp³-hybridized carbons (Fsp3) is 0.686. The lowest BCUT2D eigenvalue weighted by Crippen LogP contribution is -2.58. The molecule has 1 aromatic rings. The van der Waals surface area contributed by atoms with Crippen molar-refractivity contribution in [3.63, 3.8) is 0 Å². The number of nitrogens with zero attached hydrogens (tertiary/aromatic N) is 2. The topological polar surface area (TPSA) is 161 Å². The maximum atomic E-state index is 14.4. The predicted octanol–water partition coefficient (Wildman–Crippen LogP) is 7.48. The van der Waals surface area contributed by atoms with Crippen LogP contribution in [0.3, 0.4) is 0 Å². The number of likely N-dealkylation sites (tertiary alicyclic amines) is 1. The van der Waals surface area contributed by atoms with E-state index in [1.54, 1.807) is 50.1 Å². The first kappa shape index (κ1) is 54.0. The van der Waals surface area contributed by atoms with Crippen LogP contribution in [-0.2, 0) is 38.2 Å². The number of hydrogen-bond donors (Lipinski definition) is 2. The summed E-state index contributed by atoms with van der Waals surface area (Å²) in [4.78, 5) is 84.9. The van der Waals surface area contributed by atoms with Gasteiger partial charge in [-0.2, -0.15) is 0 Å². The molecule has 13 nitrogen and oxygen atoms in total. The van der Waals surface area contributed by atoms with E-state index in [-0.39, 0.29) is 72.0 Å². The molecule has 358 valence electrons. The van der Waals surface area contributed by atoms with Gasteiger partial charge in [0.1, 0.15) is 12.1 Å². The molecule has 2 aliphatic rings. The normalized spacial score (nSPS) is 19.4. The number of likely N-dealkylation sites (N-methyl/N-ethyl adjacent to an activating group) is 1. The lowest BCUT2D eigenvalue weighted by Gasteiger charge is -2.41. The summed E-state index contributed by atoms with van der Waals surface area (Å²) in [5.74, 6) is -2.22.